The van der Waals surface area contributed by atoms with Gasteiger partial charge in [-0.3, -0.25) is 0 Å². The maximum Gasteiger partial charge on any atom is 0.131 e. The predicted octanol–water partition coefficient (Wildman–Crippen LogP) is 5.17. The molecule has 0 aromatic heterocycles. The molecule has 1 aromatic rings. The number of benzene rings is 1. The van der Waals surface area contributed by atoms with Crippen molar-refractivity contribution in [3.05, 3.63) is 35.9 Å². The first-order valence-corrected chi connectivity index (χ1v) is 11.8. The van der Waals surface area contributed by atoms with Crippen molar-refractivity contribution in [2.75, 3.05) is 0 Å². The highest BCUT2D eigenvalue weighted by atomic mass is 16.3. The quantitative estimate of drug-likeness (QED) is 0.598. The lowest BCUT2D eigenvalue weighted by atomic mass is 9.44. The van der Waals surface area contributed by atoms with Gasteiger partial charge in [-0.25, -0.2) is 0 Å². The molecule has 0 unspecified atom stereocenters. The Morgan fingerprint density at radius 2 is 1.66 bits per heavy atom. The molecule has 2 heteroatoms. The largest absolute Gasteiger partial charge is 0.393 e. The van der Waals surface area contributed by atoms with Gasteiger partial charge in [-0.15, -0.1) is 0 Å². The van der Waals surface area contributed by atoms with Crippen LogP contribution in [-0.4, -0.2) is 21.9 Å². The number of aliphatic hydroxyl groups is 2. The minimum atomic E-state index is -0.862. The predicted molar refractivity (Wildman–Crippen MR) is 116 cm³/mol. The summed E-state index contributed by atoms with van der Waals surface area (Å²) >= 11 is 0. The molecule has 0 aliphatic heterocycles. The zero-order valence-electron chi connectivity index (χ0n) is 18.0. The average Bonchev–Trinajstić information content (AvgIpc) is 2.99. The minimum Gasteiger partial charge on any atom is -0.393 e. The van der Waals surface area contributed by atoms with Crippen LogP contribution in [0.3, 0.4) is 0 Å². The van der Waals surface area contributed by atoms with E-state index in [2.05, 4.69) is 25.7 Å². The molecule has 0 heterocycles. The van der Waals surface area contributed by atoms with Crippen LogP contribution >= 0.6 is 0 Å². The van der Waals surface area contributed by atoms with Crippen molar-refractivity contribution in [3.8, 4) is 11.8 Å². The van der Waals surface area contributed by atoms with E-state index in [1.54, 1.807) is 0 Å². The van der Waals surface area contributed by atoms with E-state index in [0.717, 1.165) is 49.5 Å². The van der Waals surface area contributed by atoms with Gasteiger partial charge in [0.25, 0.3) is 0 Å². The minimum absolute atomic E-state index is 0.0803. The molecule has 2 nitrogen and oxygen atoms in total. The molecule has 4 saturated carbocycles. The van der Waals surface area contributed by atoms with Crippen molar-refractivity contribution in [1.82, 2.24) is 0 Å². The summed E-state index contributed by atoms with van der Waals surface area (Å²) in [5.41, 5.74) is 0.433. The third kappa shape index (κ3) is 2.92. The maximum atomic E-state index is 11.7. The second-order valence-electron chi connectivity index (χ2n) is 11.1. The van der Waals surface area contributed by atoms with Crippen LogP contribution < -0.4 is 0 Å². The molecule has 0 bridgehead atoms. The molecule has 156 valence electrons. The van der Waals surface area contributed by atoms with Gasteiger partial charge in [-0.2, -0.15) is 0 Å². The van der Waals surface area contributed by atoms with E-state index < -0.39 is 5.60 Å². The molecule has 0 radical (unpaired) electrons. The van der Waals surface area contributed by atoms with Crippen molar-refractivity contribution in [2.24, 2.45) is 34.5 Å². The fraction of sp³-hybridized carbons (Fsp3) is 0.704. The number of hydrogen-bond donors (Lipinski definition) is 2. The normalized spacial score (nSPS) is 48.6. The Labute approximate surface area is 176 Å². The Balaban J connectivity index is 1.42. The third-order valence-corrected chi connectivity index (χ3v) is 9.98. The van der Waals surface area contributed by atoms with Crippen LogP contribution in [0.15, 0.2) is 30.3 Å². The van der Waals surface area contributed by atoms with Gasteiger partial charge in [0, 0.05) is 11.0 Å². The second-order valence-corrected chi connectivity index (χ2v) is 11.1. The van der Waals surface area contributed by atoms with Crippen LogP contribution in [0, 0.1) is 46.3 Å². The van der Waals surface area contributed by atoms with E-state index in [-0.39, 0.29) is 11.5 Å². The number of rotatable bonds is 0. The molecule has 29 heavy (non-hydrogen) atoms. The van der Waals surface area contributed by atoms with Gasteiger partial charge in [-0.05, 0) is 99.0 Å². The fourth-order valence-electron chi connectivity index (χ4n) is 8.15. The van der Waals surface area contributed by atoms with Crippen LogP contribution in [0.4, 0.5) is 0 Å². The Bertz CT molecular complexity index is 822. The number of aliphatic hydroxyl groups excluding tert-OH is 1. The molecule has 0 amide bonds. The van der Waals surface area contributed by atoms with Crippen LogP contribution in [0.2, 0.25) is 0 Å². The van der Waals surface area contributed by atoms with Gasteiger partial charge in [0.05, 0.1) is 6.10 Å². The SMILES string of the molecule is C[C@]12CC[C@H](O)C[C@@H]1CC[C@@H]1[C@@H]2CC[C@]2(C)[C@H]1CC[C@]2(O)C#Cc1ccccc1. The van der Waals surface area contributed by atoms with Crippen molar-refractivity contribution < 1.29 is 10.2 Å². The van der Waals surface area contributed by atoms with E-state index >= 15 is 0 Å². The molecule has 4 aliphatic rings. The molecule has 1 aromatic carbocycles. The highest BCUT2D eigenvalue weighted by Gasteiger charge is 2.64. The Kier molecular flexibility index (Phi) is 4.65. The molecular formula is C27H36O2. The monoisotopic (exact) mass is 392 g/mol. The van der Waals surface area contributed by atoms with Crippen molar-refractivity contribution >= 4 is 0 Å². The van der Waals surface area contributed by atoms with Gasteiger partial charge in [0.1, 0.15) is 5.60 Å². The Morgan fingerprint density at radius 1 is 0.897 bits per heavy atom. The first-order valence-electron chi connectivity index (χ1n) is 11.8. The van der Waals surface area contributed by atoms with Gasteiger partial charge in [-0.1, -0.05) is 43.9 Å². The highest BCUT2D eigenvalue weighted by molar-refractivity contribution is 5.38. The summed E-state index contributed by atoms with van der Waals surface area (Å²) in [6.07, 6.45) is 9.86. The fourth-order valence-corrected chi connectivity index (χ4v) is 8.15. The van der Waals surface area contributed by atoms with Crippen LogP contribution in [0.5, 0.6) is 0 Å². The smallest absolute Gasteiger partial charge is 0.131 e. The van der Waals surface area contributed by atoms with Crippen LogP contribution in [-0.2, 0) is 0 Å². The summed E-state index contributed by atoms with van der Waals surface area (Å²) in [6.45, 7) is 4.86. The van der Waals surface area contributed by atoms with Gasteiger partial charge >= 0.3 is 0 Å². The standard InChI is InChI=1S/C27H36O2/c1-25-14-11-21(28)18-20(25)8-9-22-23(25)12-15-26(2)24(22)13-17-27(26,29)16-10-19-6-4-3-5-7-19/h3-7,20-24,28-29H,8-9,11-15,17-18H2,1-2H3/t20-,21-,22+,23-,24-,25-,26+,27+/m0/s1. The molecule has 2 N–H and O–H groups in total. The van der Waals surface area contributed by atoms with E-state index in [1.807, 2.05) is 30.3 Å². The van der Waals surface area contributed by atoms with Crippen LogP contribution in [0.1, 0.15) is 77.2 Å². The van der Waals surface area contributed by atoms with E-state index in [4.69, 9.17) is 0 Å². The topological polar surface area (TPSA) is 40.5 Å². The molecule has 5 rings (SSSR count). The Morgan fingerprint density at radius 3 is 2.45 bits per heavy atom. The Hall–Kier alpha value is -1.30. The molecule has 0 saturated heterocycles. The first kappa shape index (κ1) is 19.7. The van der Waals surface area contributed by atoms with Crippen molar-refractivity contribution in [3.63, 3.8) is 0 Å². The van der Waals surface area contributed by atoms with Gasteiger partial charge in [0.15, 0.2) is 0 Å². The third-order valence-electron chi connectivity index (χ3n) is 9.98. The molecular weight excluding hydrogens is 356 g/mol. The second kappa shape index (κ2) is 6.86. The lowest BCUT2D eigenvalue weighted by Gasteiger charge is -2.61. The van der Waals surface area contributed by atoms with E-state index in [9.17, 15) is 10.2 Å². The maximum absolute atomic E-state index is 11.7. The van der Waals surface area contributed by atoms with Crippen LogP contribution in [0.25, 0.3) is 0 Å². The number of fused-ring (bicyclic) bond motifs is 5. The zero-order valence-corrected chi connectivity index (χ0v) is 18.0. The average molecular weight is 393 g/mol. The lowest BCUT2D eigenvalue weighted by molar-refractivity contribution is -0.144. The highest BCUT2D eigenvalue weighted by Crippen LogP contribution is 2.68. The summed E-state index contributed by atoms with van der Waals surface area (Å²) in [5, 5.41) is 21.9. The summed E-state index contributed by atoms with van der Waals surface area (Å²) < 4.78 is 0. The summed E-state index contributed by atoms with van der Waals surface area (Å²) in [6, 6.07) is 10.1. The van der Waals surface area contributed by atoms with Crippen molar-refractivity contribution in [1.29, 1.82) is 0 Å². The molecule has 0 spiro atoms. The summed E-state index contributed by atoms with van der Waals surface area (Å²) in [4.78, 5) is 0. The molecule has 4 aliphatic carbocycles. The first-order chi connectivity index (χ1) is 13.9. The van der Waals surface area contributed by atoms with Gasteiger partial charge < -0.3 is 10.2 Å². The zero-order chi connectivity index (χ0) is 20.3. The van der Waals surface area contributed by atoms with E-state index in [0.29, 0.717) is 17.3 Å². The molecule has 8 atom stereocenters. The summed E-state index contributed by atoms with van der Waals surface area (Å²) in [5.74, 6) is 9.40. The van der Waals surface area contributed by atoms with E-state index in [1.165, 1.54) is 25.7 Å². The van der Waals surface area contributed by atoms with Gasteiger partial charge in [0.2, 0.25) is 0 Å². The number of hydrogen-bond acceptors (Lipinski definition) is 2. The lowest BCUT2D eigenvalue weighted by Crippen LogP contribution is -2.56. The summed E-state index contributed by atoms with van der Waals surface area (Å²) in [7, 11) is 0. The van der Waals surface area contributed by atoms with Crippen molar-refractivity contribution in [2.45, 2.75) is 83.3 Å². The molecule has 4 fully saturated rings.